The number of nitrogens with zero attached hydrogens (tertiary/aromatic N) is 4. The summed E-state index contributed by atoms with van der Waals surface area (Å²) in [6.07, 6.45) is -3.80. The second-order valence-corrected chi connectivity index (χ2v) is 8.80. The van der Waals surface area contributed by atoms with Crippen molar-refractivity contribution in [1.29, 1.82) is 0 Å². The molecule has 0 saturated carbocycles. The van der Waals surface area contributed by atoms with Crippen molar-refractivity contribution < 1.29 is 22.8 Å². The van der Waals surface area contributed by atoms with Crippen molar-refractivity contribution in [3.05, 3.63) is 70.2 Å². The van der Waals surface area contributed by atoms with Crippen molar-refractivity contribution >= 4 is 34.5 Å². The predicted octanol–water partition coefficient (Wildman–Crippen LogP) is 4.09. The number of para-hydroxylation sites is 1. The van der Waals surface area contributed by atoms with Crippen LogP contribution in [0.1, 0.15) is 26.8 Å². The van der Waals surface area contributed by atoms with E-state index in [1.54, 1.807) is 23.1 Å². The third kappa shape index (κ3) is 5.90. The number of aryl methyl sites for hydroxylation is 1. The van der Waals surface area contributed by atoms with Crippen molar-refractivity contribution in [3.8, 4) is 0 Å². The average Bonchev–Trinajstić information content (AvgIpc) is 3.32. The van der Waals surface area contributed by atoms with Gasteiger partial charge in [0.15, 0.2) is 0 Å². The first-order chi connectivity index (χ1) is 16.3. The van der Waals surface area contributed by atoms with Crippen molar-refractivity contribution in [3.63, 3.8) is 0 Å². The van der Waals surface area contributed by atoms with Crippen LogP contribution < -0.4 is 10.2 Å². The highest BCUT2D eigenvalue weighted by molar-refractivity contribution is 7.13. The molecule has 34 heavy (non-hydrogen) atoms. The number of aromatic nitrogens is 2. The highest BCUT2D eigenvalue weighted by Crippen LogP contribution is 2.32. The molecule has 7 nitrogen and oxygen atoms in total. The number of carbonyl (C=O) groups excluding carboxylic acids is 2. The number of hydrogen-bond acceptors (Lipinski definition) is 6. The van der Waals surface area contributed by atoms with E-state index in [0.29, 0.717) is 49.0 Å². The van der Waals surface area contributed by atoms with Gasteiger partial charge in [-0.2, -0.15) is 13.2 Å². The van der Waals surface area contributed by atoms with Gasteiger partial charge in [0.05, 0.1) is 5.56 Å². The minimum atomic E-state index is -4.39. The number of nitrogens with one attached hydrogen (secondary N) is 1. The maximum absolute atomic E-state index is 13.0. The first-order valence-corrected chi connectivity index (χ1v) is 11.5. The Morgan fingerprint density at radius 1 is 0.971 bits per heavy atom. The van der Waals surface area contributed by atoms with Crippen LogP contribution in [0.4, 0.5) is 24.5 Å². The second kappa shape index (κ2) is 10.2. The Kier molecular flexibility index (Phi) is 7.11. The number of amides is 2. The van der Waals surface area contributed by atoms with E-state index < -0.39 is 11.7 Å². The summed E-state index contributed by atoms with van der Waals surface area (Å²) in [5.41, 5.74) is 0.471. The van der Waals surface area contributed by atoms with Crippen molar-refractivity contribution in [2.45, 2.75) is 19.0 Å². The van der Waals surface area contributed by atoms with Crippen LogP contribution in [0.5, 0.6) is 0 Å². The first-order valence-electron chi connectivity index (χ1n) is 10.7. The molecule has 3 aromatic rings. The SMILES string of the molecule is O=C(Nc1ccccc1)c1nnc(CCC(=O)N2CCN(c3cccc(C(F)(F)F)c3)CC2)s1. The Balaban J connectivity index is 1.25. The van der Waals surface area contributed by atoms with Gasteiger partial charge in [0.1, 0.15) is 5.01 Å². The number of hydrogen-bond donors (Lipinski definition) is 1. The minimum Gasteiger partial charge on any atom is -0.368 e. The zero-order valence-corrected chi connectivity index (χ0v) is 18.9. The van der Waals surface area contributed by atoms with Gasteiger partial charge in [-0.1, -0.05) is 35.6 Å². The monoisotopic (exact) mass is 489 g/mol. The highest BCUT2D eigenvalue weighted by Gasteiger charge is 2.31. The van der Waals surface area contributed by atoms with E-state index in [4.69, 9.17) is 0 Å². The molecule has 0 radical (unpaired) electrons. The molecule has 0 aliphatic carbocycles. The summed E-state index contributed by atoms with van der Waals surface area (Å²) in [5.74, 6) is -0.416. The zero-order chi connectivity index (χ0) is 24.1. The van der Waals surface area contributed by atoms with Gasteiger partial charge in [-0.3, -0.25) is 9.59 Å². The van der Waals surface area contributed by atoms with Gasteiger partial charge in [-0.05, 0) is 30.3 Å². The molecule has 0 bridgehead atoms. The number of carbonyl (C=O) groups is 2. The van der Waals surface area contributed by atoms with Crippen LogP contribution in [-0.2, 0) is 17.4 Å². The summed E-state index contributed by atoms with van der Waals surface area (Å²) in [6, 6.07) is 14.2. The molecule has 1 N–H and O–H groups in total. The van der Waals surface area contributed by atoms with E-state index in [0.717, 1.165) is 23.5 Å². The maximum Gasteiger partial charge on any atom is 0.416 e. The van der Waals surface area contributed by atoms with Crippen LogP contribution in [0, 0.1) is 0 Å². The van der Waals surface area contributed by atoms with Crippen LogP contribution in [0.2, 0.25) is 0 Å². The van der Waals surface area contributed by atoms with Gasteiger partial charge in [0.2, 0.25) is 10.9 Å². The second-order valence-electron chi connectivity index (χ2n) is 7.74. The van der Waals surface area contributed by atoms with E-state index in [1.807, 2.05) is 23.1 Å². The van der Waals surface area contributed by atoms with Gasteiger partial charge in [0.25, 0.3) is 5.91 Å². The van der Waals surface area contributed by atoms with Crippen LogP contribution in [0.15, 0.2) is 54.6 Å². The highest BCUT2D eigenvalue weighted by atomic mass is 32.1. The zero-order valence-electron chi connectivity index (χ0n) is 18.1. The molecular weight excluding hydrogens is 467 g/mol. The Morgan fingerprint density at radius 2 is 1.71 bits per heavy atom. The lowest BCUT2D eigenvalue weighted by atomic mass is 10.1. The number of piperazine rings is 1. The number of benzene rings is 2. The lowest BCUT2D eigenvalue weighted by molar-refractivity contribution is -0.137. The molecular formula is C23H22F3N5O2S. The predicted molar refractivity (Wildman–Crippen MR) is 123 cm³/mol. The quantitative estimate of drug-likeness (QED) is 0.564. The Hall–Kier alpha value is -3.47. The topological polar surface area (TPSA) is 78.4 Å². The van der Waals surface area contributed by atoms with Crippen molar-refractivity contribution in [1.82, 2.24) is 15.1 Å². The molecule has 2 aromatic carbocycles. The third-order valence-corrected chi connectivity index (χ3v) is 6.40. The normalized spacial score (nSPS) is 14.2. The molecule has 178 valence electrons. The van der Waals surface area contributed by atoms with E-state index in [1.165, 1.54) is 6.07 Å². The van der Waals surface area contributed by atoms with Gasteiger partial charge in [-0.25, -0.2) is 0 Å². The number of anilines is 2. The summed E-state index contributed by atoms with van der Waals surface area (Å²) in [7, 11) is 0. The Labute approximate surface area is 198 Å². The fourth-order valence-electron chi connectivity index (χ4n) is 3.62. The summed E-state index contributed by atoms with van der Waals surface area (Å²) in [6.45, 7) is 1.76. The van der Waals surface area contributed by atoms with Crippen molar-refractivity contribution in [2.75, 3.05) is 36.4 Å². The molecule has 0 spiro atoms. The number of rotatable bonds is 6. The standard InChI is InChI=1S/C23H22F3N5O2S/c24-23(25,26)16-5-4-8-18(15-16)30-11-13-31(14-12-30)20(32)10-9-19-28-29-22(34-19)21(33)27-17-6-2-1-3-7-17/h1-8,15H,9-14H2,(H,27,33). The molecule has 1 aromatic heterocycles. The first kappa shape index (κ1) is 23.7. The van der Waals surface area contributed by atoms with Crippen LogP contribution in [0.3, 0.4) is 0 Å². The lowest BCUT2D eigenvalue weighted by Gasteiger charge is -2.36. The minimum absolute atomic E-state index is 0.0609. The summed E-state index contributed by atoms with van der Waals surface area (Å²) in [5, 5.41) is 11.5. The lowest BCUT2D eigenvalue weighted by Crippen LogP contribution is -2.48. The van der Waals surface area contributed by atoms with Gasteiger partial charge < -0.3 is 15.1 Å². The molecule has 1 aliphatic heterocycles. The van der Waals surface area contributed by atoms with E-state index in [2.05, 4.69) is 15.5 Å². The molecule has 2 heterocycles. The molecule has 4 rings (SSSR count). The fourth-order valence-corrected chi connectivity index (χ4v) is 4.35. The van der Waals surface area contributed by atoms with Crippen LogP contribution in [-0.4, -0.2) is 53.1 Å². The molecule has 1 saturated heterocycles. The Bertz CT molecular complexity index is 1140. The Morgan fingerprint density at radius 3 is 2.41 bits per heavy atom. The van der Waals surface area contributed by atoms with Crippen LogP contribution in [0.25, 0.3) is 0 Å². The molecule has 0 atom stereocenters. The van der Waals surface area contributed by atoms with E-state index in [9.17, 15) is 22.8 Å². The molecule has 1 fully saturated rings. The third-order valence-electron chi connectivity index (χ3n) is 5.42. The molecule has 2 amide bonds. The molecule has 1 aliphatic rings. The molecule has 0 unspecified atom stereocenters. The number of halogens is 3. The summed E-state index contributed by atoms with van der Waals surface area (Å²) >= 11 is 1.14. The molecule has 11 heteroatoms. The fraction of sp³-hybridized carbons (Fsp3) is 0.304. The summed E-state index contributed by atoms with van der Waals surface area (Å²) < 4.78 is 38.9. The largest absolute Gasteiger partial charge is 0.416 e. The maximum atomic E-state index is 13.0. The van der Waals surface area contributed by atoms with Gasteiger partial charge >= 0.3 is 6.18 Å². The van der Waals surface area contributed by atoms with E-state index in [-0.39, 0.29) is 23.2 Å². The average molecular weight is 490 g/mol. The van der Waals surface area contributed by atoms with E-state index >= 15 is 0 Å². The van der Waals surface area contributed by atoms with Gasteiger partial charge in [0, 0.05) is 50.4 Å². The summed E-state index contributed by atoms with van der Waals surface area (Å²) in [4.78, 5) is 28.5. The number of alkyl halides is 3. The van der Waals surface area contributed by atoms with Crippen LogP contribution >= 0.6 is 11.3 Å². The smallest absolute Gasteiger partial charge is 0.368 e. The van der Waals surface area contributed by atoms with Crippen molar-refractivity contribution in [2.24, 2.45) is 0 Å². The van der Waals surface area contributed by atoms with Gasteiger partial charge in [-0.15, -0.1) is 10.2 Å².